The summed E-state index contributed by atoms with van der Waals surface area (Å²) in [4.78, 5) is 14.0. The van der Waals surface area contributed by atoms with Gasteiger partial charge in [0.1, 0.15) is 0 Å². The molecule has 2 radical (unpaired) electrons. The summed E-state index contributed by atoms with van der Waals surface area (Å²) in [6.07, 6.45) is 1.51. The summed E-state index contributed by atoms with van der Waals surface area (Å²) < 4.78 is 0. The number of hydrogen-bond donors (Lipinski definition) is 1. The summed E-state index contributed by atoms with van der Waals surface area (Å²) in [5.41, 5.74) is 0.726. The number of nitrogens with one attached hydrogen (secondary N) is 1. The summed E-state index contributed by atoms with van der Waals surface area (Å²) in [6.45, 7) is 0. The number of benzene rings is 1. The fourth-order valence-corrected chi connectivity index (χ4v) is 1.00. The van der Waals surface area contributed by atoms with E-state index in [1.165, 1.54) is 6.20 Å². The van der Waals surface area contributed by atoms with Crippen molar-refractivity contribution in [1.29, 1.82) is 0 Å². The number of fused-ring (bicyclic) bond motifs is 1. The van der Waals surface area contributed by atoms with Gasteiger partial charge in [-0.25, -0.2) is 0 Å². The Kier molecular flexibility index (Phi) is 1.25. The second-order valence-electron chi connectivity index (χ2n) is 2.23. The van der Waals surface area contributed by atoms with Gasteiger partial charge in [0.2, 0.25) is 0 Å². The normalized spacial score (nSPS) is 10.2. The first-order valence-electron chi connectivity index (χ1n) is 3.27. The van der Waals surface area contributed by atoms with Crippen molar-refractivity contribution >= 4 is 10.9 Å². The first-order valence-corrected chi connectivity index (χ1v) is 3.27. The lowest BCUT2D eigenvalue weighted by molar-refractivity contribution is 1.38. The molecule has 0 atom stereocenters. The summed E-state index contributed by atoms with van der Waals surface area (Å²) in [5, 5.41) is 0.659. The molecule has 2 nitrogen and oxygen atoms in total. The first kappa shape index (κ1) is 6.16. The Hall–Kier alpha value is -1.57. The van der Waals surface area contributed by atoms with Crippen LogP contribution in [-0.4, -0.2) is 4.98 Å². The standard InChI is InChI=1S/C9H5NO/c11-9-5-6-10-8-4-2-1-3-7(8)9/h1,3-4,6H,(H,10,11). The van der Waals surface area contributed by atoms with Crippen molar-refractivity contribution in [3.63, 3.8) is 0 Å². The van der Waals surface area contributed by atoms with Gasteiger partial charge in [0.15, 0.2) is 5.43 Å². The molecule has 1 aromatic heterocycles. The highest BCUT2D eigenvalue weighted by molar-refractivity contribution is 5.77. The fraction of sp³-hybridized carbons (Fsp3) is 0. The SMILES string of the molecule is O=c1[c]c[nH]c2c[c]ccc12. The van der Waals surface area contributed by atoms with Crippen molar-refractivity contribution in [2.24, 2.45) is 0 Å². The fourth-order valence-electron chi connectivity index (χ4n) is 1.00. The Balaban J connectivity index is 3.03. The summed E-state index contributed by atoms with van der Waals surface area (Å²) in [5.74, 6) is 0. The van der Waals surface area contributed by atoms with E-state index in [0.29, 0.717) is 5.39 Å². The molecule has 0 fully saturated rings. The lowest BCUT2D eigenvalue weighted by Crippen LogP contribution is -1.99. The Bertz CT molecular complexity index is 425. The number of H-pyrrole nitrogens is 1. The van der Waals surface area contributed by atoms with Crippen molar-refractivity contribution in [2.75, 3.05) is 0 Å². The zero-order valence-corrected chi connectivity index (χ0v) is 5.72. The maximum atomic E-state index is 11.1. The van der Waals surface area contributed by atoms with Gasteiger partial charge in [-0.1, -0.05) is 6.07 Å². The molecule has 1 aromatic carbocycles. The van der Waals surface area contributed by atoms with Gasteiger partial charge in [-0.05, 0) is 18.2 Å². The minimum atomic E-state index is -0.0762. The molecule has 0 saturated heterocycles. The van der Waals surface area contributed by atoms with Crippen molar-refractivity contribution in [3.8, 4) is 0 Å². The third-order valence-electron chi connectivity index (χ3n) is 1.54. The predicted molar refractivity (Wildman–Crippen MR) is 42.2 cm³/mol. The quantitative estimate of drug-likeness (QED) is 0.589. The van der Waals surface area contributed by atoms with Crippen LogP contribution in [0.2, 0.25) is 0 Å². The Morgan fingerprint density at radius 2 is 2.36 bits per heavy atom. The van der Waals surface area contributed by atoms with Crippen LogP contribution in [0, 0.1) is 12.1 Å². The molecule has 2 aromatic rings. The minimum absolute atomic E-state index is 0.0762. The van der Waals surface area contributed by atoms with E-state index in [1.54, 1.807) is 18.2 Å². The lowest BCUT2D eigenvalue weighted by atomic mass is 10.2. The lowest BCUT2D eigenvalue weighted by Gasteiger charge is -1.92. The highest BCUT2D eigenvalue weighted by atomic mass is 16.1. The van der Waals surface area contributed by atoms with E-state index in [1.807, 2.05) is 0 Å². The molecule has 0 amide bonds. The van der Waals surface area contributed by atoms with Crippen LogP contribution in [0.3, 0.4) is 0 Å². The zero-order valence-electron chi connectivity index (χ0n) is 5.72. The van der Waals surface area contributed by atoms with Gasteiger partial charge in [-0.2, -0.15) is 0 Å². The molecule has 1 N–H and O–H groups in total. The molecule has 0 spiro atoms. The molecule has 0 unspecified atom stereocenters. The van der Waals surface area contributed by atoms with Crippen molar-refractivity contribution in [3.05, 3.63) is 46.8 Å². The number of hydrogen-bond acceptors (Lipinski definition) is 1. The van der Waals surface area contributed by atoms with Crippen LogP contribution in [0.5, 0.6) is 0 Å². The summed E-state index contributed by atoms with van der Waals surface area (Å²) >= 11 is 0. The monoisotopic (exact) mass is 143 g/mol. The van der Waals surface area contributed by atoms with Crippen LogP contribution in [0.1, 0.15) is 0 Å². The number of rotatable bonds is 0. The second-order valence-corrected chi connectivity index (χ2v) is 2.23. The van der Waals surface area contributed by atoms with E-state index in [9.17, 15) is 4.79 Å². The van der Waals surface area contributed by atoms with E-state index in [0.717, 1.165) is 5.52 Å². The van der Waals surface area contributed by atoms with Gasteiger partial charge in [-0.15, -0.1) is 0 Å². The van der Waals surface area contributed by atoms with Crippen molar-refractivity contribution in [2.45, 2.75) is 0 Å². The molecule has 0 aliphatic carbocycles. The largest absolute Gasteiger partial charge is 0.360 e. The van der Waals surface area contributed by atoms with E-state index >= 15 is 0 Å². The average Bonchev–Trinajstić information content (AvgIpc) is 2.06. The maximum absolute atomic E-state index is 11.1. The van der Waals surface area contributed by atoms with E-state index in [4.69, 9.17) is 0 Å². The van der Waals surface area contributed by atoms with Crippen LogP contribution >= 0.6 is 0 Å². The molecule has 1 heterocycles. The summed E-state index contributed by atoms with van der Waals surface area (Å²) in [6, 6.07) is 10.6. The molecule has 52 valence electrons. The van der Waals surface area contributed by atoms with Crippen LogP contribution < -0.4 is 5.43 Å². The molecule has 2 heteroatoms. The van der Waals surface area contributed by atoms with Crippen LogP contribution in [0.4, 0.5) is 0 Å². The molecule has 0 aliphatic rings. The number of aromatic amines is 1. The molecule has 0 bridgehead atoms. The van der Waals surface area contributed by atoms with Crippen LogP contribution in [0.15, 0.2) is 29.2 Å². The van der Waals surface area contributed by atoms with Gasteiger partial charge >= 0.3 is 0 Å². The number of aromatic nitrogens is 1. The molecular formula is C9H5NO. The summed E-state index contributed by atoms with van der Waals surface area (Å²) in [7, 11) is 0. The highest BCUT2D eigenvalue weighted by Gasteiger charge is 1.93. The minimum Gasteiger partial charge on any atom is -0.360 e. The Morgan fingerprint density at radius 1 is 1.45 bits per heavy atom. The topological polar surface area (TPSA) is 32.9 Å². The highest BCUT2D eigenvalue weighted by Crippen LogP contribution is 2.02. The predicted octanol–water partition coefficient (Wildman–Crippen LogP) is 1.13. The molecule has 11 heavy (non-hydrogen) atoms. The molecular weight excluding hydrogens is 138 g/mol. The van der Waals surface area contributed by atoms with Crippen molar-refractivity contribution in [1.82, 2.24) is 4.98 Å². The zero-order chi connectivity index (χ0) is 7.68. The number of pyridine rings is 1. The first-order chi connectivity index (χ1) is 5.38. The van der Waals surface area contributed by atoms with E-state index in [-0.39, 0.29) is 5.43 Å². The smallest absolute Gasteiger partial charge is 0.197 e. The van der Waals surface area contributed by atoms with Crippen molar-refractivity contribution < 1.29 is 0 Å². The van der Waals surface area contributed by atoms with Crippen LogP contribution in [-0.2, 0) is 0 Å². The molecule has 0 aliphatic heterocycles. The molecule has 0 saturated carbocycles. The van der Waals surface area contributed by atoms with Gasteiger partial charge in [-0.3, -0.25) is 4.79 Å². The maximum Gasteiger partial charge on any atom is 0.197 e. The van der Waals surface area contributed by atoms with Gasteiger partial charge in [0.05, 0.1) is 6.07 Å². The van der Waals surface area contributed by atoms with E-state index < -0.39 is 0 Å². The third-order valence-corrected chi connectivity index (χ3v) is 1.54. The van der Waals surface area contributed by atoms with Crippen LogP contribution in [0.25, 0.3) is 10.9 Å². The van der Waals surface area contributed by atoms with Gasteiger partial charge in [0, 0.05) is 17.1 Å². The second kappa shape index (κ2) is 2.23. The Labute approximate surface area is 63.5 Å². The average molecular weight is 143 g/mol. The third kappa shape index (κ3) is 0.923. The van der Waals surface area contributed by atoms with Gasteiger partial charge < -0.3 is 4.98 Å². The van der Waals surface area contributed by atoms with Gasteiger partial charge in [0.25, 0.3) is 0 Å². The Morgan fingerprint density at radius 3 is 3.18 bits per heavy atom. The molecule has 2 rings (SSSR count). The van der Waals surface area contributed by atoms with E-state index in [2.05, 4.69) is 17.1 Å².